The standard InChI is InChI=1S/C15H26O3/c1-9(2)11-7-14(17)15(3,18)13-5-4-10(8-16)6-12(11)13/h6,9,11-14,16-18H,4-5,7-8H2,1-3H3. The van der Waals surface area contributed by atoms with E-state index in [4.69, 9.17) is 0 Å². The van der Waals surface area contributed by atoms with E-state index in [2.05, 4.69) is 19.9 Å². The van der Waals surface area contributed by atoms with Gasteiger partial charge in [0.05, 0.1) is 18.3 Å². The molecule has 0 spiro atoms. The highest BCUT2D eigenvalue weighted by Gasteiger charge is 2.51. The van der Waals surface area contributed by atoms with Crippen molar-refractivity contribution in [3.63, 3.8) is 0 Å². The van der Waals surface area contributed by atoms with Gasteiger partial charge in [0.1, 0.15) is 0 Å². The molecule has 0 saturated heterocycles. The van der Waals surface area contributed by atoms with Crippen LogP contribution < -0.4 is 0 Å². The Morgan fingerprint density at radius 1 is 1.44 bits per heavy atom. The van der Waals surface area contributed by atoms with Gasteiger partial charge < -0.3 is 15.3 Å². The third-order valence-electron chi connectivity index (χ3n) is 5.14. The van der Waals surface area contributed by atoms with Crippen LogP contribution in [0.1, 0.15) is 40.0 Å². The van der Waals surface area contributed by atoms with E-state index < -0.39 is 11.7 Å². The van der Waals surface area contributed by atoms with Crippen molar-refractivity contribution in [2.24, 2.45) is 23.7 Å². The molecule has 0 radical (unpaired) electrons. The first-order valence-corrected chi connectivity index (χ1v) is 7.08. The monoisotopic (exact) mass is 254 g/mol. The van der Waals surface area contributed by atoms with Gasteiger partial charge in [-0.1, -0.05) is 19.9 Å². The van der Waals surface area contributed by atoms with Gasteiger partial charge in [0.2, 0.25) is 0 Å². The van der Waals surface area contributed by atoms with Crippen LogP contribution in [0.2, 0.25) is 0 Å². The number of rotatable bonds is 2. The molecule has 0 amide bonds. The molecule has 1 saturated carbocycles. The zero-order valence-corrected chi connectivity index (χ0v) is 11.6. The molecule has 0 heterocycles. The average molecular weight is 254 g/mol. The van der Waals surface area contributed by atoms with Gasteiger partial charge in [0, 0.05) is 0 Å². The molecule has 3 nitrogen and oxygen atoms in total. The first-order chi connectivity index (χ1) is 8.37. The molecule has 5 unspecified atom stereocenters. The van der Waals surface area contributed by atoms with Crippen LogP contribution in [0, 0.1) is 23.7 Å². The Labute approximate surface area is 110 Å². The summed E-state index contributed by atoms with van der Waals surface area (Å²) in [6.07, 6.45) is 3.89. The SMILES string of the molecule is CC(C)C1CC(O)C(C)(O)C2CCC(CO)=CC12. The van der Waals surface area contributed by atoms with Crippen LogP contribution in [0.5, 0.6) is 0 Å². The Hall–Kier alpha value is -0.380. The van der Waals surface area contributed by atoms with Crippen molar-refractivity contribution in [3.8, 4) is 0 Å². The molecule has 3 heteroatoms. The second kappa shape index (κ2) is 4.95. The smallest absolute Gasteiger partial charge is 0.0911 e. The van der Waals surface area contributed by atoms with Crippen LogP contribution in [0.4, 0.5) is 0 Å². The van der Waals surface area contributed by atoms with Crippen molar-refractivity contribution in [2.45, 2.75) is 51.7 Å². The van der Waals surface area contributed by atoms with Gasteiger partial charge in [-0.2, -0.15) is 0 Å². The van der Waals surface area contributed by atoms with Gasteiger partial charge in [0.25, 0.3) is 0 Å². The minimum Gasteiger partial charge on any atom is -0.392 e. The number of fused-ring (bicyclic) bond motifs is 1. The fraction of sp³-hybridized carbons (Fsp3) is 0.867. The summed E-state index contributed by atoms with van der Waals surface area (Å²) in [7, 11) is 0. The molecule has 0 aromatic heterocycles. The topological polar surface area (TPSA) is 60.7 Å². The van der Waals surface area contributed by atoms with Crippen LogP contribution in [0.15, 0.2) is 11.6 Å². The second-order valence-corrected chi connectivity index (χ2v) is 6.59. The molecular weight excluding hydrogens is 228 g/mol. The van der Waals surface area contributed by atoms with Gasteiger partial charge in [-0.05, 0) is 55.4 Å². The number of allylic oxidation sites excluding steroid dienone is 1. The molecule has 2 aliphatic carbocycles. The molecular formula is C15H26O3. The van der Waals surface area contributed by atoms with Gasteiger partial charge in [-0.25, -0.2) is 0 Å². The van der Waals surface area contributed by atoms with E-state index in [1.165, 1.54) is 0 Å². The molecule has 0 aromatic rings. The van der Waals surface area contributed by atoms with Crippen molar-refractivity contribution in [3.05, 3.63) is 11.6 Å². The fourth-order valence-corrected chi connectivity index (χ4v) is 3.86. The second-order valence-electron chi connectivity index (χ2n) is 6.59. The maximum atomic E-state index is 10.6. The predicted molar refractivity (Wildman–Crippen MR) is 71.0 cm³/mol. The lowest BCUT2D eigenvalue weighted by Gasteiger charge is -2.51. The summed E-state index contributed by atoms with van der Waals surface area (Å²) < 4.78 is 0. The Morgan fingerprint density at radius 3 is 2.67 bits per heavy atom. The van der Waals surface area contributed by atoms with Crippen LogP contribution in [0.25, 0.3) is 0 Å². The van der Waals surface area contributed by atoms with Gasteiger partial charge in [0.15, 0.2) is 0 Å². The summed E-state index contributed by atoms with van der Waals surface area (Å²) in [6.45, 7) is 6.24. The van der Waals surface area contributed by atoms with E-state index in [1.807, 2.05) is 0 Å². The van der Waals surface area contributed by atoms with Crippen molar-refractivity contribution in [2.75, 3.05) is 6.61 Å². The fourth-order valence-electron chi connectivity index (χ4n) is 3.86. The predicted octanol–water partition coefficient (Wildman–Crippen LogP) is 1.72. The van der Waals surface area contributed by atoms with Crippen LogP contribution in [-0.4, -0.2) is 33.6 Å². The highest BCUT2D eigenvalue weighted by atomic mass is 16.3. The zero-order chi connectivity index (χ0) is 13.5. The minimum atomic E-state index is -0.993. The zero-order valence-electron chi connectivity index (χ0n) is 11.6. The van der Waals surface area contributed by atoms with Crippen molar-refractivity contribution < 1.29 is 15.3 Å². The normalized spacial score (nSPS) is 44.7. The lowest BCUT2D eigenvalue weighted by molar-refractivity contribution is -0.160. The van der Waals surface area contributed by atoms with Gasteiger partial charge >= 0.3 is 0 Å². The number of aliphatic hydroxyl groups is 3. The van der Waals surface area contributed by atoms with Crippen molar-refractivity contribution >= 4 is 0 Å². The Bertz CT molecular complexity index is 333. The lowest BCUT2D eigenvalue weighted by atomic mass is 9.57. The van der Waals surface area contributed by atoms with E-state index in [1.54, 1.807) is 6.92 Å². The highest BCUT2D eigenvalue weighted by Crippen LogP contribution is 2.49. The van der Waals surface area contributed by atoms with Crippen LogP contribution in [0.3, 0.4) is 0 Å². The third-order valence-corrected chi connectivity index (χ3v) is 5.14. The maximum Gasteiger partial charge on any atom is 0.0911 e. The summed E-state index contributed by atoms with van der Waals surface area (Å²) in [5.74, 6) is 1.29. The molecule has 0 aliphatic heterocycles. The molecule has 0 bridgehead atoms. The van der Waals surface area contributed by atoms with Crippen molar-refractivity contribution in [1.82, 2.24) is 0 Å². The molecule has 5 atom stereocenters. The molecule has 2 rings (SSSR count). The molecule has 0 aromatic carbocycles. The molecule has 1 fully saturated rings. The minimum absolute atomic E-state index is 0.115. The Balaban J connectivity index is 2.33. The number of hydrogen-bond acceptors (Lipinski definition) is 3. The summed E-state index contributed by atoms with van der Waals surface area (Å²) in [6, 6.07) is 0. The van der Waals surface area contributed by atoms with Gasteiger partial charge in [-0.15, -0.1) is 0 Å². The summed E-state index contributed by atoms with van der Waals surface area (Å²) >= 11 is 0. The largest absolute Gasteiger partial charge is 0.392 e. The van der Waals surface area contributed by atoms with Crippen LogP contribution in [-0.2, 0) is 0 Å². The van der Waals surface area contributed by atoms with Gasteiger partial charge in [-0.3, -0.25) is 0 Å². The first kappa shape index (κ1) is 14.0. The maximum absolute atomic E-state index is 10.6. The highest BCUT2D eigenvalue weighted by molar-refractivity contribution is 5.17. The van der Waals surface area contributed by atoms with E-state index >= 15 is 0 Å². The summed E-state index contributed by atoms with van der Waals surface area (Å²) in [5, 5.41) is 30.1. The number of hydrogen-bond donors (Lipinski definition) is 3. The quantitative estimate of drug-likeness (QED) is 0.658. The Morgan fingerprint density at radius 2 is 2.11 bits per heavy atom. The Kier molecular flexibility index (Phi) is 3.86. The number of aliphatic hydroxyl groups excluding tert-OH is 2. The first-order valence-electron chi connectivity index (χ1n) is 7.08. The van der Waals surface area contributed by atoms with E-state index in [-0.39, 0.29) is 12.5 Å². The molecule has 3 N–H and O–H groups in total. The lowest BCUT2D eigenvalue weighted by Crippen LogP contribution is -2.56. The summed E-state index contributed by atoms with van der Waals surface area (Å²) in [5.41, 5.74) is 0.0992. The van der Waals surface area contributed by atoms with Crippen LogP contribution >= 0.6 is 0 Å². The van der Waals surface area contributed by atoms with E-state index in [0.717, 1.165) is 18.4 Å². The molecule has 104 valence electrons. The average Bonchev–Trinajstić information content (AvgIpc) is 2.33. The summed E-state index contributed by atoms with van der Waals surface area (Å²) in [4.78, 5) is 0. The molecule has 18 heavy (non-hydrogen) atoms. The third kappa shape index (κ3) is 2.24. The van der Waals surface area contributed by atoms with E-state index in [0.29, 0.717) is 24.2 Å². The van der Waals surface area contributed by atoms with E-state index in [9.17, 15) is 15.3 Å². The molecule has 2 aliphatic rings. The van der Waals surface area contributed by atoms with Crippen molar-refractivity contribution in [1.29, 1.82) is 0 Å².